The Morgan fingerprint density at radius 1 is 1.47 bits per heavy atom. The van der Waals surface area contributed by atoms with Crippen LogP contribution in [0, 0.1) is 0 Å². The number of carboxylic acids is 1. The molecule has 2 atom stereocenters. The van der Waals surface area contributed by atoms with Crippen LogP contribution in [0.4, 0.5) is 5.69 Å². The van der Waals surface area contributed by atoms with Crippen molar-refractivity contribution in [3.8, 4) is 0 Å². The number of para-hydroxylation sites is 1. The summed E-state index contributed by atoms with van der Waals surface area (Å²) in [6.07, 6.45) is 0.850. The number of anilines is 1. The molecular formula is C14H16NO3S-. The Morgan fingerprint density at radius 2 is 2.16 bits per heavy atom. The van der Waals surface area contributed by atoms with Crippen LogP contribution >= 0.6 is 11.8 Å². The summed E-state index contributed by atoms with van der Waals surface area (Å²) in [4.78, 5) is 24.6. The van der Waals surface area contributed by atoms with Gasteiger partial charge in [0.15, 0.2) is 0 Å². The number of amides is 1. The van der Waals surface area contributed by atoms with Crippen molar-refractivity contribution < 1.29 is 14.7 Å². The molecule has 0 saturated carbocycles. The third-order valence-corrected chi connectivity index (χ3v) is 4.37. The van der Waals surface area contributed by atoms with Gasteiger partial charge in [-0.15, -0.1) is 11.8 Å². The molecule has 0 aromatic heterocycles. The number of carbonyl (C=O) groups excluding carboxylic acids is 2. The van der Waals surface area contributed by atoms with Crippen molar-refractivity contribution in [2.75, 3.05) is 10.7 Å². The van der Waals surface area contributed by atoms with E-state index >= 15 is 0 Å². The molecule has 0 bridgehead atoms. The van der Waals surface area contributed by atoms with Crippen molar-refractivity contribution >= 4 is 29.3 Å². The van der Waals surface area contributed by atoms with Crippen LogP contribution in [0.1, 0.15) is 19.4 Å². The molecule has 0 N–H and O–H groups in total. The second kappa shape index (κ2) is 5.65. The van der Waals surface area contributed by atoms with Crippen molar-refractivity contribution in [3.63, 3.8) is 0 Å². The van der Waals surface area contributed by atoms with E-state index in [1.807, 2.05) is 31.2 Å². The number of carbonyl (C=O) groups is 2. The minimum Gasteiger partial charge on any atom is -0.549 e. The Kier molecular flexibility index (Phi) is 4.14. The predicted octanol–water partition coefficient (Wildman–Crippen LogP) is 0.836. The lowest BCUT2D eigenvalue weighted by atomic mass is 10.1. The highest BCUT2D eigenvalue weighted by Crippen LogP contribution is 2.32. The predicted molar refractivity (Wildman–Crippen MR) is 74.0 cm³/mol. The summed E-state index contributed by atoms with van der Waals surface area (Å²) in [5, 5.41) is 9.97. The molecule has 2 rings (SSSR count). The topological polar surface area (TPSA) is 60.4 Å². The molecule has 102 valence electrons. The van der Waals surface area contributed by atoms with E-state index in [-0.39, 0.29) is 17.7 Å². The Hall–Kier alpha value is -1.49. The molecule has 1 heterocycles. The molecule has 0 radical (unpaired) electrons. The number of fused-ring (bicyclic) bond motifs is 1. The third-order valence-electron chi connectivity index (χ3n) is 3.26. The zero-order valence-corrected chi connectivity index (χ0v) is 11.8. The van der Waals surface area contributed by atoms with Crippen LogP contribution < -0.4 is 10.0 Å². The van der Waals surface area contributed by atoms with Gasteiger partial charge in [0.25, 0.3) is 0 Å². The molecule has 0 spiro atoms. The first kappa shape index (κ1) is 13.9. The maximum atomic E-state index is 12.2. The molecular weight excluding hydrogens is 262 g/mol. The van der Waals surface area contributed by atoms with Crippen molar-refractivity contribution in [2.45, 2.75) is 31.6 Å². The molecule has 1 aromatic carbocycles. The largest absolute Gasteiger partial charge is 0.549 e. The molecule has 1 amide bonds. The van der Waals surface area contributed by atoms with Crippen LogP contribution in [0.15, 0.2) is 24.3 Å². The van der Waals surface area contributed by atoms with Gasteiger partial charge >= 0.3 is 0 Å². The molecule has 0 aliphatic carbocycles. The Labute approximate surface area is 116 Å². The first-order valence-electron chi connectivity index (χ1n) is 6.23. The van der Waals surface area contributed by atoms with Gasteiger partial charge in [0.05, 0.1) is 11.7 Å². The van der Waals surface area contributed by atoms with E-state index in [1.54, 1.807) is 4.90 Å². The monoisotopic (exact) mass is 278 g/mol. The SMILES string of the molecule is C[C@@H]1Cc2ccccc2N1C(=O)CS[C@H](C)C(=O)[O-]. The number of rotatable bonds is 4. The fourth-order valence-corrected chi connectivity index (χ4v) is 2.95. The van der Waals surface area contributed by atoms with Gasteiger partial charge in [-0.1, -0.05) is 18.2 Å². The van der Waals surface area contributed by atoms with Crippen molar-refractivity contribution in [1.82, 2.24) is 0 Å². The zero-order valence-electron chi connectivity index (χ0n) is 11.0. The fourth-order valence-electron chi connectivity index (χ4n) is 2.28. The summed E-state index contributed by atoms with van der Waals surface area (Å²) in [5.74, 6) is -1.02. The van der Waals surface area contributed by atoms with E-state index in [9.17, 15) is 14.7 Å². The fraction of sp³-hybridized carbons (Fsp3) is 0.429. The molecule has 0 unspecified atom stereocenters. The van der Waals surface area contributed by atoms with Crippen molar-refractivity contribution in [2.24, 2.45) is 0 Å². The van der Waals surface area contributed by atoms with Crippen LogP contribution in [-0.2, 0) is 16.0 Å². The van der Waals surface area contributed by atoms with Crippen LogP contribution in [0.5, 0.6) is 0 Å². The molecule has 1 aliphatic heterocycles. The molecule has 1 aliphatic rings. The smallest absolute Gasteiger partial charge is 0.237 e. The van der Waals surface area contributed by atoms with Crippen LogP contribution in [0.2, 0.25) is 0 Å². The van der Waals surface area contributed by atoms with E-state index < -0.39 is 11.2 Å². The van der Waals surface area contributed by atoms with Gasteiger partial charge in [0, 0.05) is 17.0 Å². The number of hydrogen-bond donors (Lipinski definition) is 0. The standard InChI is InChI=1S/C14H17NO3S/c1-9-7-11-5-3-4-6-12(11)15(9)13(16)8-19-10(2)14(17)18/h3-6,9-10H,7-8H2,1-2H3,(H,17,18)/p-1/t9-,10-/m1/s1. The Balaban J connectivity index is 2.06. The first-order chi connectivity index (χ1) is 9.00. The minimum atomic E-state index is -1.13. The Bertz CT molecular complexity index is 503. The summed E-state index contributed by atoms with van der Waals surface area (Å²) in [6.45, 7) is 3.54. The summed E-state index contributed by atoms with van der Waals surface area (Å²) < 4.78 is 0. The average Bonchev–Trinajstić information content (AvgIpc) is 2.71. The van der Waals surface area contributed by atoms with Gasteiger partial charge in [-0.05, 0) is 31.9 Å². The molecule has 19 heavy (non-hydrogen) atoms. The number of hydrogen-bond acceptors (Lipinski definition) is 4. The van der Waals surface area contributed by atoms with Crippen LogP contribution in [0.25, 0.3) is 0 Å². The van der Waals surface area contributed by atoms with Gasteiger partial charge in [-0.2, -0.15) is 0 Å². The molecule has 0 saturated heterocycles. The zero-order chi connectivity index (χ0) is 14.0. The van der Waals surface area contributed by atoms with Crippen molar-refractivity contribution in [1.29, 1.82) is 0 Å². The molecule has 1 aromatic rings. The van der Waals surface area contributed by atoms with Gasteiger partial charge in [-0.3, -0.25) is 4.79 Å². The third kappa shape index (κ3) is 2.92. The molecule has 0 fully saturated rings. The van der Waals surface area contributed by atoms with E-state index in [4.69, 9.17) is 0 Å². The summed E-state index contributed by atoms with van der Waals surface area (Å²) >= 11 is 1.10. The summed E-state index contributed by atoms with van der Waals surface area (Å²) in [6, 6.07) is 7.96. The maximum Gasteiger partial charge on any atom is 0.237 e. The highest BCUT2D eigenvalue weighted by atomic mass is 32.2. The average molecular weight is 278 g/mol. The second-order valence-electron chi connectivity index (χ2n) is 4.72. The Morgan fingerprint density at radius 3 is 2.84 bits per heavy atom. The second-order valence-corrected chi connectivity index (χ2v) is 6.05. The summed E-state index contributed by atoms with van der Waals surface area (Å²) in [5.41, 5.74) is 2.11. The molecule has 5 heteroatoms. The van der Waals surface area contributed by atoms with E-state index in [2.05, 4.69) is 0 Å². The first-order valence-corrected chi connectivity index (χ1v) is 7.28. The lowest BCUT2D eigenvalue weighted by molar-refractivity contribution is -0.304. The number of aliphatic carboxylic acids is 1. The number of thioether (sulfide) groups is 1. The van der Waals surface area contributed by atoms with Crippen molar-refractivity contribution in [3.05, 3.63) is 29.8 Å². The molecule has 4 nitrogen and oxygen atoms in total. The number of nitrogens with zero attached hydrogens (tertiary/aromatic N) is 1. The quantitative estimate of drug-likeness (QED) is 0.818. The lowest BCUT2D eigenvalue weighted by Crippen LogP contribution is -2.38. The van der Waals surface area contributed by atoms with Gasteiger partial charge in [0.2, 0.25) is 5.91 Å². The lowest BCUT2D eigenvalue weighted by Gasteiger charge is -2.23. The van der Waals surface area contributed by atoms with Gasteiger partial charge in [0.1, 0.15) is 0 Å². The maximum absolute atomic E-state index is 12.2. The highest BCUT2D eigenvalue weighted by molar-refractivity contribution is 8.01. The van der Waals surface area contributed by atoms with E-state index in [1.165, 1.54) is 12.5 Å². The van der Waals surface area contributed by atoms with Gasteiger partial charge < -0.3 is 14.8 Å². The van der Waals surface area contributed by atoms with E-state index in [0.717, 1.165) is 23.9 Å². The van der Waals surface area contributed by atoms with Crippen LogP contribution in [0.3, 0.4) is 0 Å². The van der Waals surface area contributed by atoms with Crippen LogP contribution in [-0.4, -0.2) is 28.9 Å². The van der Waals surface area contributed by atoms with Gasteiger partial charge in [-0.25, -0.2) is 0 Å². The normalized spacial score (nSPS) is 19.1. The number of carboxylic acid groups (broad SMARTS) is 1. The highest BCUT2D eigenvalue weighted by Gasteiger charge is 2.30. The summed E-state index contributed by atoms with van der Waals surface area (Å²) in [7, 11) is 0. The minimum absolute atomic E-state index is 0.0458. The van der Waals surface area contributed by atoms with E-state index in [0.29, 0.717) is 0 Å². The number of benzene rings is 1.